The average molecular weight is 477 g/mol. The van der Waals surface area contributed by atoms with Crippen molar-refractivity contribution in [2.75, 3.05) is 19.0 Å². The van der Waals surface area contributed by atoms with Gasteiger partial charge in [0.05, 0.1) is 19.1 Å². The average Bonchev–Trinajstić information content (AvgIpc) is 2.80. The molecule has 1 saturated carbocycles. The molecular weight excluding hydrogens is 447 g/mol. The number of benzene rings is 2. The van der Waals surface area contributed by atoms with E-state index in [1.54, 1.807) is 12.1 Å². The number of esters is 1. The number of nitrogens with one attached hydrogen (secondary N) is 2. The predicted octanol–water partition coefficient (Wildman–Crippen LogP) is 6.18. The molecule has 1 fully saturated rings. The summed E-state index contributed by atoms with van der Waals surface area (Å²) in [5, 5.41) is 7.79. The SMILES string of the molecule is COC(=O)C1CCC(CNC(=O)c2ccc(N[C@@H](C)c3cc(Cl)ccc3Cl)c(C)c2)CC1. The van der Waals surface area contributed by atoms with Gasteiger partial charge in [-0.05, 0) is 93.0 Å². The molecule has 0 unspecified atom stereocenters. The van der Waals surface area contributed by atoms with Crippen molar-refractivity contribution in [2.45, 2.75) is 45.6 Å². The quantitative estimate of drug-likeness (QED) is 0.467. The van der Waals surface area contributed by atoms with Gasteiger partial charge in [-0.2, -0.15) is 0 Å². The Labute approximate surface area is 199 Å². The number of anilines is 1. The van der Waals surface area contributed by atoms with Crippen molar-refractivity contribution in [1.29, 1.82) is 0 Å². The minimum absolute atomic E-state index is 0.00108. The third-order valence-electron chi connectivity index (χ3n) is 6.22. The fraction of sp³-hybridized carbons (Fsp3) is 0.440. The fourth-order valence-electron chi connectivity index (χ4n) is 4.23. The van der Waals surface area contributed by atoms with Gasteiger partial charge in [0, 0.05) is 27.8 Å². The van der Waals surface area contributed by atoms with Crippen LogP contribution in [0.2, 0.25) is 10.0 Å². The number of halogens is 2. The summed E-state index contributed by atoms with van der Waals surface area (Å²) in [6, 6.07) is 11.0. The maximum Gasteiger partial charge on any atom is 0.308 e. The summed E-state index contributed by atoms with van der Waals surface area (Å²) in [7, 11) is 1.44. The molecule has 1 aliphatic carbocycles. The Hall–Kier alpha value is -2.24. The van der Waals surface area contributed by atoms with Crippen molar-refractivity contribution in [2.24, 2.45) is 11.8 Å². The zero-order valence-corrected chi connectivity index (χ0v) is 20.2. The Morgan fingerprint density at radius 3 is 2.47 bits per heavy atom. The van der Waals surface area contributed by atoms with E-state index in [-0.39, 0.29) is 23.8 Å². The number of carbonyl (C=O) groups is 2. The highest BCUT2D eigenvalue weighted by Crippen LogP contribution is 2.31. The lowest BCUT2D eigenvalue weighted by Gasteiger charge is -2.27. The van der Waals surface area contributed by atoms with Gasteiger partial charge < -0.3 is 15.4 Å². The van der Waals surface area contributed by atoms with Crippen LogP contribution in [-0.4, -0.2) is 25.5 Å². The van der Waals surface area contributed by atoms with E-state index in [9.17, 15) is 9.59 Å². The summed E-state index contributed by atoms with van der Waals surface area (Å²) >= 11 is 12.4. The van der Waals surface area contributed by atoms with E-state index in [1.807, 2.05) is 38.1 Å². The first-order chi connectivity index (χ1) is 15.3. The molecule has 1 atom stereocenters. The zero-order valence-electron chi connectivity index (χ0n) is 18.7. The predicted molar refractivity (Wildman–Crippen MR) is 129 cm³/mol. The molecule has 0 saturated heterocycles. The summed E-state index contributed by atoms with van der Waals surface area (Å²) in [6.45, 7) is 4.61. The topological polar surface area (TPSA) is 67.4 Å². The molecule has 2 aromatic carbocycles. The number of ether oxygens (including phenoxy) is 1. The molecule has 0 aliphatic heterocycles. The van der Waals surface area contributed by atoms with Crippen LogP contribution in [0.4, 0.5) is 5.69 Å². The van der Waals surface area contributed by atoms with Crippen LogP contribution in [0.5, 0.6) is 0 Å². The standard InChI is InChI=1S/C25H30Cl2N2O3/c1-15-12-19(24(30)28-14-17-4-6-18(7-5-17)25(31)32-3)8-11-23(15)29-16(2)21-13-20(26)9-10-22(21)27/h8-13,16-18,29H,4-7,14H2,1-3H3,(H,28,30)/t16-,17?,18?/m0/s1. The van der Waals surface area contributed by atoms with Gasteiger partial charge in [-0.25, -0.2) is 0 Å². The molecule has 2 aromatic rings. The minimum Gasteiger partial charge on any atom is -0.469 e. The van der Waals surface area contributed by atoms with Gasteiger partial charge in [-0.15, -0.1) is 0 Å². The van der Waals surface area contributed by atoms with Crippen LogP contribution in [0.15, 0.2) is 36.4 Å². The molecule has 0 radical (unpaired) electrons. The Morgan fingerprint density at radius 2 is 1.81 bits per heavy atom. The number of rotatable bonds is 7. The molecule has 1 amide bonds. The second-order valence-electron chi connectivity index (χ2n) is 8.51. The van der Waals surface area contributed by atoms with Crippen molar-refractivity contribution in [1.82, 2.24) is 5.32 Å². The Bertz CT molecular complexity index is 972. The third-order valence-corrected chi connectivity index (χ3v) is 6.80. The summed E-state index contributed by atoms with van der Waals surface area (Å²) in [6.07, 6.45) is 3.49. The van der Waals surface area contributed by atoms with Crippen LogP contribution in [0.1, 0.15) is 60.1 Å². The molecular formula is C25H30Cl2N2O3. The largest absolute Gasteiger partial charge is 0.469 e. The van der Waals surface area contributed by atoms with Gasteiger partial charge in [-0.3, -0.25) is 9.59 Å². The highest BCUT2D eigenvalue weighted by molar-refractivity contribution is 6.33. The monoisotopic (exact) mass is 476 g/mol. The number of amides is 1. The van der Waals surface area contributed by atoms with Crippen molar-refractivity contribution in [3.05, 3.63) is 63.1 Å². The van der Waals surface area contributed by atoms with E-state index in [4.69, 9.17) is 27.9 Å². The van der Waals surface area contributed by atoms with E-state index in [0.717, 1.165) is 42.5 Å². The maximum absolute atomic E-state index is 12.7. The van der Waals surface area contributed by atoms with Gasteiger partial charge in [0.25, 0.3) is 5.91 Å². The van der Waals surface area contributed by atoms with E-state index in [0.29, 0.717) is 28.1 Å². The summed E-state index contributed by atoms with van der Waals surface area (Å²) in [4.78, 5) is 24.3. The van der Waals surface area contributed by atoms with Gasteiger partial charge in [0.2, 0.25) is 0 Å². The molecule has 0 bridgehead atoms. The first-order valence-corrected chi connectivity index (χ1v) is 11.7. The second-order valence-corrected chi connectivity index (χ2v) is 9.36. The summed E-state index contributed by atoms with van der Waals surface area (Å²) < 4.78 is 4.84. The minimum atomic E-state index is -0.122. The Morgan fingerprint density at radius 1 is 1.09 bits per heavy atom. The Balaban J connectivity index is 1.55. The van der Waals surface area contributed by atoms with Crippen LogP contribution in [0.3, 0.4) is 0 Å². The molecule has 7 heteroatoms. The van der Waals surface area contributed by atoms with E-state index < -0.39 is 0 Å². The van der Waals surface area contributed by atoms with Gasteiger partial charge in [0.15, 0.2) is 0 Å². The number of methoxy groups -OCH3 is 1. The second kappa shape index (κ2) is 11.1. The van der Waals surface area contributed by atoms with Crippen LogP contribution in [-0.2, 0) is 9.53 Å². The van der Waals surface area contributed by atoms with E-state index >= 15 is 0 Å². The van der Waals surface area contributed by atoms with Crippen molar-refractivity contribution < 1.29 is 14.3 Å². The lowest BCUT2D eigenvalue weighted by atomic mass is 9.82. The highest BCUT2D eigenvalue weighted by atomic mass is 35.5. The smallest absolute Gasteiger partial charge is 0.308 e. The fourth-order valence-corrected chi connectivity index (χ4v) is 4.69. The lowest BCUT2D eigenvalue weighted by Crippen LogP contribution is -2.32. The van der Waals surface area contributed by atoms with E-state index in [1.165, 1.54) is 7.11 Å². The number of hydrogen-bond donors (Lipinski definition) is 2. The number of aryl methyl sites for hydroxylation is 1. The Kier molecular flexibility index (Phi) is 8.44. The normalized spacial score (nSPS) is 19.2. The molecule has 5 nitrogen and oxygen atoms in total. The molecule has 0 heterocycles. The lowest BCUT2D eigenvalue weighted by molar-refractivity contribution is -0.146. The number of carbonyl (C=O) groups excluding carboxylic acids is 2. The first kappa shape index (κ1) is 24.4. The van der Waals surface area contributed by atoms with Crippen molar-refractivity contribution in [3.63, 3.8) is 0 Å². The zero-order chi connectivity index (χ0) is 23.3. The van der Waals surface area contributed by atoms with Gasteiger partial charge >= 0.3 is 5.97 Å². The third kappa shape index (κ3) is 6.17. The van der Waals surface area contributed by atoms with Gasteiger partial charge in [0.1, 0.15) is 0 Å². The molecule has 0 aromatic heterocycles. The van der Waals surface area contributed by atoms with Crippen LogP contribution in [0.25, 0.3) is 0 Å². The molecule has 1 aliphatic rings. The molecule has 0 spiro atoms. The maximum atomic E-state index is 12.7. The molecule has 32 heavy (non-hydrogen) atoms. The van der Waals surface area contributed by atoms with Gasteiger partial charge in [-0.1, -0.05) is 23.2 Å². The van der Waals surface area contributed by atoms with Crippen LogP contribution < -0.4 is 10.6 Å². The van der Waals surface area contributed by atoms with Crippen molar-refractivity contribution >= 4 is 40.8 Å². The van der Waals surface area contributed by atoms with Crippen molar-refractivity contribution in [3.8, 4) is 0 Å². The van der Waals surface area contributed by atoms with E-state index in [2.05, 4.69) is 10.6 Å². The molecule has 2 N–H and O–H groups in total. The summed E-state index contributed by atoms with van der Waals surface area (Å²) in [5.74, 6) is 0.188. The first-order valence-electron chi connectivity index (χ1n) is 11.0. The summed E-state index contributed by atoms with van der Waals surface area (Å²) in [5.41, 5.74) is 3.46. The van der Waals surface area contributed by atoms with Crippen LogP contribution >= 0.6 is 23.2 Å². The molecule has 3 rings (SSSR count). The van der Waals surface area contributed by atoms with Crippen LogP contribution in [0, 0.1) is 18.8 Å². The number of hydrogen-bond acceptors (Lipinski definition) is 4. The molecule has 172 valence electrons. The highest BCUT2D eigenvalue weighted by Gasteiger charge is 2.27.